The first kappa shape index (κ1) is 49.5. The molecule has 0 bridgehead atoms. The van der Waals surface area contributed by atoms with Crippen LogP contribution in [0.2, 0.25) is 36.3 Å². The van der Waals surface area contributed by atoms with Crippen LogP contribution in [0.3, 0.4) is 0 Å². The number of hydrogen-bond donors (Lipinski definition) is 2. The van der Waals surface area contributed by atoms with Crippen molar-refractivity contribution in [1.82, 2.24) is 0 Å². The second kappa shape index (κ2) is 20.1. The maximum Gasteiger partial charge on any atom is 0.193 e. The van der Waals surface area contributed by atoms with Gasteiger partial charge >= 0.3 is 0 Å². The third-order valence-corrected chi connectivity index (χ3v) is 23.2. The summed E-state index contributed by atoms with van der Waals surface area (Å²) in [4.78, 5) is 0. The molecule has 1 aliphatic rings. The number of ether oxygens (including phenoxy) is 4. The molecule has 1 heterocycles. The van der Waals surface area contributed by atoms with Gasteiger partial charge in [0.15, 0.2) is 34.2 Å². The number of fused-ring (bicyclic) bond motifs is 1. The molecule has 6 aromatic carbocycles. The van der Waals surface area contributed by atoms with Gasteiger partial charge in [-0.1, -0.05) is 169 Å². The Bertz CT molecular complexity index is 2540. The van der Waals surface area contributed by atoms with Crippen molar-refractivity contribution in [2.45, 2.75) is 121 Å². The lowest BCUT2D eigenvalue weighted by Gasteiger charge is -2.60. The lowest BCUT2D eigenvalue weighted by atomic mass is 9.64. The summed E-state index contributed by atoms with van der Waals surface area (Å²) < 4.78 is 44.4. The monoisotopic (exact) mass is 938 g/mol. The molecule has 0 saturated heterocycles. The van der Waals surface area contributed by atoms with E-state index in [4.69, 9.17) is 27.8 Å². The number of rotatable bonds is 18. The average Bonchev–Trinajstić information content (AvgIpc) is 3.29. The van der Waals surface area contributed by atoms with Crippen molar-refractivity contribution in [3.63, 3.8) is 0 Å². The van der Waals surface area contributed by atoms with Crippen LogP contribution >= 0.6 is 0 Å². The van der Waals surface area contributed by atoms with Crippen molar-refractivity contribution in [3.8, 4) is 28.7 Å². The maximum absolute atomic E-state index is 11.4. The highest BCUT2D eigenvalue weighted by molar-refractivity contribution is 6.74. The van der Waals surface area contributed by atoms with Crippen molar-refractivity contribution in [2.75, 3.05) is 13.2 Å². The molecule has 0 unspecified atom stereocenters. The minimum absolute atomic E-state index is 0.0247. The van der Waals surface area contributed by atoms with E-state index in [1.54, 1.807) is 6.07 Å². The van der Waals surface area contributed by atoms with Crippen LogP contribution in [0, 0.1) is 0 Å². The molecular weight excluding hydrogens is 869 g/mol. The van der Waals surface area contributed by atoms with E-state index >= 15 is 0 Å². The zero-order valence-electron chi connectivity index (χ0n) is 41.1. The molecule has 0 amide bonds. The van der Waals surface area contributed by atoms with Gasteiger partial charge in [-0.05, 0) is 76.2 Å². The molecule has 354 valence electrons. The zero-order valence-corrected chi connectivity index (χ0v) is 43.1. The molecule has 3 atom stereocenters. The van der Waals surface area contributed by atoms with E-state index in [1.807, 2.05) is 91.0 Å². The second-order valence-corrected chi connectivity index (χ2v) is 30.5. The Balaban J connectivity index is 1.59. The summed E-state index contributed by atoms with van der Waals surface area (Å²) in [6, 6.07) is 49.8. The first-order chi connectivity index (χ1) is 31.7. The maximum atomic E-state index is 11.4. The lowest BCUT2D eigenvalue weighted by Crippen LogP contribution is -2.68. The van der Waals surface area contributed by atoms with Crippen molar-refractivity contribution >= 4 is 16.6 Å². The molecule has 6 aromatic rings. The highest BCUT2D eigenvalue weighted by Gasteiger charge is 2.67. The van der Waals surface area contributed by atoms with Crippen molar-refractivity contribution < 1.29 is 38.0 Å². The first-order valence-electron chi connectivity index (χ1n) is 23.5. The Morgan fingerprint density at radius 2 is 1.06 bits per heavy atom. The number of aromatic hydroxyl groups is 2. The van der Waals surface area contributed by atoms with E-state index < -0.39 is 33.9 Å². The quantitative estimate of drug-likeness (QED) is 0.0500. The summed E-state index contributed by atoms with van der Waals surface area (Å²) in [5.74, 6) is 1.08. The fraction of sp³-hybridized carbons (Fsp3) is 0.368. The van der Waals surface area contributed by atoms with Crippen LogP contribution in [0.15, 0.2) is 152 Å². The predicted molar refractivity (Wildman–Crippen MR) is 273 cm³/mol. The lowest BCUT2D eigenvalue weighted by molar-refractivity contribution is -0.236. The molecule has 0 radical (unpaired) electrons. The van der Waals surface area contributed by atoms with Crippen LogP contribution in [0.5, 0.6) is 28.7 Å². The number of phenols is 2. The van der Waals surface area contributed by atoms with Gasteiger partial charge in [-0.15, -0.1) is 0 Å². The van der Waals surface area contributed by atoms with E-state index in [0.29, 0.717) is 54.4 Å². The highest BCUT2D eigenvalue weighted by atomic mass is 28.4. The molecule has 10 heteroatoms. The Morgan fingerprint density at radius 3 is 1.58 bits per heavy atom. The first-order valence-corrected chi connectivity index (χ1v) is 29.3. The molecule has 0 aromatic heterocycles. The third-order valence-electron chi connectivity index (χ3n) is 14.1. The van der Waals surface area contributed by atoms with Crippen LogP contribution in [0.25, 0.3) is 0 Å². The molecule has 8 nitrogen and oxygen atoms in total. The number of phenolic OH excluding ortho intramolecular Hbond substituents is 2. The van der Waals surface area contributed by atoms with E-state index in [0.717, 1.165) is 22.3 Å². The van der Waals surface area contributed by atoms with E-state index in [9.17, 15) is 10.2 Å². The number of hydrogen-bond acceptors (Lipinski definition) is 8. The average molecular weight is 939 g/mol. The summed E-state index contributed by atoms with van der Waals surface area (Å²) >= 11 is 0. The molecule has 1 aliphatic heterocycles. The molecule has 0 saturated carbocycles. The van der Waals surface area contributed by atoms with Crippen LogP contribution in [-0.4, -0.2) is 45.7 Å². The largest absolute Gasteiger partial charge is 0.504 e. The van der Waals surface area contributed by atoms with Gasteiger partial charge in [0.2, 0.25) is 0 Å². The molecule has 0 aliphatic carbocycles. The topological polar surface area (TPSA) is 95.8 Å². The summed E-state index contributed by atoms with van der Waals surface area (Å²) in [6.45, 7) is 23.6. The molecule has 0 spiro atoms. The Hall–Kier alpha value is -5.37. The SMILES string of the molecule is CC(C)(C)[Si](C)(C)OCCO[C@@]1(Cc2ccccc2)c2c(OCc3ccccc3)cc(OCc3ccccc3)cc2O[C@H](c2ccc(O)c(O)c2)[C@]1(Cc1ccccc1)O[Si](C)(C)C(C)(C)C. The van der Waals surface area contributed by atoms with Crippen LogP contribution in [0.1, 0.15) is 81.0 Å². The van der Waals surface area contributed by atoms with E-state index in [1.165, 1.54) is 6.07 Å². The smallest absolute Gasteiger partial charge is 0.193 e. The van der Waals surface area contributed by atoms with Crippen LogP contribution in [-0.2, 0) is 45.2 Å². The van der Waals surface area contributed by atoms with Gasteiger partial charge in [0.1, 0.15) is 41.7 Å². The normalized spacial score (nSPS) is 18.7. The molecule has 2 N–H and O–H groups in total. The molecule has 7 rings (SSSR count). The second-order valence-electron chi connectivity index (χ2n) is 20.9. The standard InChI is InChI=1S/C57H70O8Si2/c1-54(2,3)66(7,8)63-34-33-62-56(38-42-23-15-11-16-24-42)52-50(61-41-45-29-21-14-22-30-45)36-47(60-40-44-27-19-13-20-28-44)37-51(52)64-53(46-31-32-48(58)49(59)35-46)57(56,39-43-25-17-12-18-26-43)65-67(9,10)55(4,5)6/h11-32,35-37,53,58-59H,33-34,38-41H2,1-10H3/t53-,56+,57+/m1/s1. The van der Waals surface area contributed by atoms with Gasteiger partial charge in [-0.2, -0.15) is 0 Å². The minimum atomic E-state index is -2.86. The Morgan fingerprint density at radius 1 is 0.552 bits per heavy atom. The molecule has 0 fully saturated rings. The fourth-order valence-electron chi connectivity index (χ4n) is 8.43. The van der Waals surface area contributed by atoms with Gasteiger partial charge < -0.3 is 38.0 Å². The summed E-state index contributed by atoms with van der Waals surface area (Å²) in [6.07, 6.45) is -0.234. The Labute approximate surface area is 401 Å². The van der Waals surface area contributed by atoms with Crippen LogP contribution < -0.4 is 14.2 Å². The Kier molecular flexibility index (Phi) is 14.8. The zero-order chi connectivity index (χ0) is 48.1. The third kappa shape index (κ3) is 11.0. The highest BCUT2D eigenvalue weighted by Crippen LogP contribution is 2.63. The van der Waals surface area contributed by atoms with E-state index in [-0.39, 0.29) is 34.8 Å². The number of benzene rings is 6. The summed E-state index contributed by atoms with van der Waals surface area (Å²) in [5.41, 5.74) is 2.57. The van der Waals surface area contributed by atoms with Gasteiger partial charge in [0.25, 0.3) is 0 Å². The van der Waals surface area contributed by atoms with Crippen molar-refractivity contribution in [2.24, 2.45) is 0 Å². The van der Waals surface area contributed by atoms with Crippen molar-refractivity contribution in [3.05, 3.63) is 185 Å². The van der Waals surface area contributed by atoms with Gasteiger partial charge in [-0.3, -0.25) is 0 Å². The fourth-order valence-corrected chi connectivity index (χ4v) is 11.0. The van der Waals surface area contributed by atoms with Crippen LogP contribution in [0.4, 0.5) is 0 Å². The summed E-state index contributed by atoms with van der Waals surface area (Å²) in [5, 5.41) is 21.9. The summed E-state index contributed by atoms with van der Waals surface area (Å²) in [7, 11) is -5.09. The predicted octanol–water partition coefficient (Wildman–Crippen LogP) is 13.9. The van der Waals surface area contributed by atoms with Gasteiger partial charge in [0, 0.05) is 25.0 Å². The van der Waals surface area contributed by atoms with Crippen molar-refractivity contribution in [1.29, 1.82) is 0 Å². The minimum Gasteiger partial charge on any atom is -0.504 e. The molecule has 67 heavy (non-hydrogen) atoms. The molecular formula is C57H70O8Si2. The van der Waals surface area contributed by atoms with Gasteiger partial charge in [-0.25, -0.2) is 0 Å². The van der Waals surface area contributed by atoms with Gasteiger partial charge in [0.05, 0.1) is 18.8 Å². The van der Waals surface area contributed by atoms with E-state index in [2.05, 4.69) is 116 Å².